The Morgan fingerprint density at radius 2 is 1.32 bits per heavy atom. The molecule has 8 aromatic rings. The first-order valence-electron chi connectivity index (χ1n) is 18.9. The average molecular weight is 683 g/mol. The van der Waals surface area contributed by atoms with Crippen molar-refractivity contribution in [2.24, 2.45) is 5.92 Å². The van der Waals surface area contributed by atoms with Gasteiger partial charge in [-0.2, -0.15) is 0 Å². The topological polar surface area (TPSA) is 21.3 Å². The number of benzene rings is 6. The lowest BCUT2D eigenvalue weighted by atomic mass is 9.51. The van der Waals surface area contributed by atoms with Crippen LogP contribution in [0, 0.1) is 5.92 Å². The zero-order valence-corrected chi connectivity index (χ0v) is 30.3. The molecule has 0 spiro atoms. The molecule has 6 aromatic carbocycles. The Labute approximate surface area is 308 Å². The highest BCUT2D eigenvalue weighted by molar-refractivity contribution is 6.11. The predicted octanol–water partition coefficient (Wildman–Crippen LogP) is 12.7. The zero-order valence-electron chi connectivity index (χ0n) is 30.3. The molecule has 4 aliphatic rings. The van der Waals surface area contributed by atoms with Crippen LogP contribution >= 0.6 is 0 Å². The minimum Gasteiger partial charge on any atom is -0.456 e. The molecule has 0 saturated heterocycles. The van der Waals surface area contributed by atoms with Crippen LogP contribution in [0.2, 0.25) is 0 Å². The summed E-state index contributed by atoms with van der Waals surface area (Å²) in [4.78, 5) is 2.65. The van der Waals surface area contributed by atoms with Crippen LogP contribution < -0.4 is 4.90 Å². The molecule has 4 unspecified atom stereocenters. The normalized spacial score (nSPS) is 25.3. The summed E-state index contributed by atoms with van der Waals surface area (Å²) in [6, 6.07) is 49.3. The van der Waals surface area contributed by atoms with E-state index in [0.29, 0.717) is 0 Å². The first kappa shape index (κ1) is 29.5. The van der Waals surface area contributed by atoms with Gasteiger partial charge in [-0.25, -0.2) is 0 Å². The maximum atomic E-state index is 6.37. The molecule has 0 amide bonds. The number of para-hydroxylation sites is 4. The van der Waals surface area contributed by atoms with Crippen molar-refractivity contribution in [3.63, 3.8) is 0 Å². The molecule has 0 saturated carbocycles. The van der Waals surface area contributed by atoms with Crippen molar-refractivity contribution < 1.29 is 4.42 Å². The van der Waals surface area contributed by atoms with Crippen molar-refractivity contribution in [1.82, 2.24) is 4.57 Å². The smallest absolute Gasteiger partial charge is 0.137 e. The molecular weight excluding hydrogens is 645 g/mol. The Morgan fingerprint density at radius 3 is 2.21 bits per heavy atom. The van der Waals surface area contributed by atoms with Crippen LogP contribution in [0.3, 0.4) is 0 Å². The molecule has 4 heterocycles. The van der Waals surface area contributed by atoms with Crippen LogP contribution in [-0.2, 0) is 10.8 Å². The van der Waals surface area contributed by atoms with Gasteiger partial charge in [-0.3, -0.25) is 0 Å². The standard InChI is InChI=1S/C50H38N2O/c1-30-25-26-48(2)38-16-8-11-19-43(38)52-42-18-10-6-15-36(42)39-29-49(3,46(30)47(48)50(39,52)4)31-21-24-41-37(27-31)33-13-5-9-17-40(33)51(41)32-22-23-35-34-14-7-12-20-44(34)53-45(35)28-32/h5-30H,1-4H3. The van der Waals surface area contributed by atoms with E-state index in [1.54, 1.807) is 0 Å². The Hall–Kier alpha value is -6.06. The molecule has 2 aromatic heterocycles. The lowest BCUT2D eigenvalue weighted by Gasteiger charge is -2.59. The zero-order chi connectivity index (χ0) is 35.4. The second-order valence-corrected chi connectivity index (χ2v) is 16.2. The molecule has 2 aliphatic heterocycles. The second kappa shape index (κ2) is 9.67. The average Bonchev–Trinajstić information content (AvgIpc) is 3.81. The van der Waals surface area contributed by atoms with Crippen LogP contribution in [0.5, 0.6) is 0 Å². The molecule has 53 heavy (non-hydrogen) atoms. The van der Waals surface area contributed by atoms with Gasteiger partial charge in [0.25, 0.3) is 0 Å². The molecular formula is C50H38N2O. The Kier molecular flexibility index (Phi) is 5.39. The van der Waals surface area contributed by atoms with Gasteiger partial charge < -0.3 is 13.9 Å². The van der Waals surface area contributed by atoms with Crippen molar-refractivity contribution in [2.75, 3.05) is 4.90 Å². The third kappa shape index (κ3) is 3.42. The molecule has 3 nitrogen and oxygen atoms in total. The first-order valence-corrected chi connectivity index (χ1v) is 18.9. The molecule has 2 aliphatic carbocycles. The number of hydrogen-bond donors (Lipinski definition) is 0. The van der Waals surface area contributed by atoms with Gasteiger partial charge in [0.05, 0.1) is 16.6 Å². The SMILES string of the molecule is CC1C=CC2(C)C3=C1C(C)(c1ccc4c(c1)c1ccccc1n4-c1ccc4c(c1)oc1ccccc14)C=C1c4ccccc4N(c4ccccc42)C13C. The van der Waals surface area contributed by atoms with Crippen molar-refractivity contribution in [3.8, 4) is 5.69 Å². The summed E-state index contributed by atoms with van der Waals surface area (Å²) < 4.78 is 8.78. The lowest BCUT2D eigenvalue weighted by Crippen LogP contribution is -2.57. The molecule has 0 bridgehead atoms. The highest BCUT2D eigenvalue weighted by Crippen LogP contribution is 2.69. The molecule has 0 radical (unpaired) electrons. The number of furan rings is 1. The largest absolute Gasteiger partial charge is 0.456 e. The summed E-state index contributed by atoms with van der Waals surface area (Å²) in [6.07, 6.45) is 7.64. The molecule has 4 atom stereocenters. The van der Waals surface area contributed by atoms with Crippen LogP contribution in [0.25, 0.3) is 55.0 Å². The fourth-order valence-corrected chi connectivity index (χ4v) is 11.2. The predicted molar refractivity (Wildman–Crippen MR) is 219 cm³/mol. The summed E-state index contributed by atoms with van der Waals surface area (Å²) in [6.45, 7) is 9.85. The number of anilines is 2. The van der Waals surface area contributed by atoms with Crippen LogP contribution in [0.15, 0.2) is 167 Å². The Morgan fingerprint density at radius 1 is 0.604 bits per heavy atom. The van der Waals surface area contributed by atoms with Crippen LogP contribution in [0.4, 0.5) is 11.4 Å². The second-order valence-electron chi connectivity index (χ2n) is 16.2. The maximum absolute atomic E-state index is 6.37. The van der Waals surface area contributed by atoms with Gasteiger partial charge in [-0.1, -0.05) is 104 Å². The molecule has 12 rings (SSSR count). The van der Waals surface area contributed by atoms with Gasteiger partial charge in [0, 0.05) is 61.1 Å². The summed E-state index contributed by atoms with van der Waals surface area (Å²) in [5.41, 5.74) is 15.6. The van der Waals surface area contributed by atoms with E-state index in [-0.39, 0.29) is 22.3 Å². The number of allylic oxidation sites excluding steroid dienone is 4. The number of fused-ring (bicyclic) bond motifs is 12. The van der Waals surface area contributed by atoms with E-state index in [1.807, 2.05) is 6.07 Å². The lowest BCUT2D eigenvalue weighted by molar-refractivity contribution is 0.457. The van der Waals surface area contributed by atoms with Crippen molar-refractivity contribution >= 4 is 60.7 Å². The fourth-order valence-electron chi connectivity index (χ4n) is 11.2. The van der Waals surface area contributed by atoms with E-state index in [1.165, 1.54) is 66.6 Å². The van der Waals surface area contributed by atoms with Gasteiger partial charge in [0.1, 0.15) is 11.2 Å². The summed E-state index contributed by atoms with van der Waals surface area (Å²) >= 11 is 0. The van der Waals surface area contributed by atoms with Gasteiger partial charge in [-0.05, 0) is 103 Å². The number of hydrogen-bond acceptors (Lipinski definition) is 2. The van der Waals surface area contributed by atoms with Crippen LogP contribution in [-0.4, -0.2) is 10.1 Å². The molecule has 254 valence electrons. The molecule has 0 N–H and O–H groups in total. The first-order chi connectivity index (χ1) is 25.8. The van der Waals surface area contributed by atoms with E-state index >= 15 is 0 Å². The van der Waals surface area contributed by atoms with E-state index < -0.39 is 0 Å². The van der Waals surface area contributed by atoms with Crippen molar-refractivity contribution in [1.29, 1.82) is 0 Å². The summed E-state index contributed by atoms with van der Waals surface area (Å²) in [5.74, 6) is 0.279. The van der Waals surface area contributed by atoms with Gasteiger partial charge >= 0.3 is 0 Å². The van der Waals surface area contributed by atoms with Crippen molar-refractivity contribution in [2.45, 2.75) is 44.1 Å². The van der Waals surface area contributed by atoms with E-state index in [9.17, 15) is 0 Å². The highest BCUT2D eigenvalue weighted by Gasteiger charge is 2.62. The molecule has 0 fully saturated rings. The minimum absolute atomic E-state index is 0.234. The van der Waals surface area contributed by atoms with E-state index in [0.717, 1.165) is 27.6 Å². The fraction of sp³-hybridized carbons (Fsp3) is 0.160. The highest BCUT2D eigenvalue weighted by atomic mass is 16.3. The van der Waals surface area contributed by atoms with E-state index in [2.05, 4.69) is 183 Å². The monoisotopic (exact) mass is 682 g/mol. The number of aromatic nitrogens is 1. The summed E-state index contributed by atoms with van der Waals surface area (Å²) in [5, 5.41) is 4.83. The van der Waals surface area contributed by atoms with Gasteiger partial charge in [0.15, 0.2) is 0 Å². The third-order valence-corrected chi connectivity index (χ3v) is 13.4. The Balaban J connectivity index is 1.13. The molecule has 3 heteroatoms. The van der Waals surface area contributed by atoms with Crippen molar-refractivity contribution in [3.05, 3.63) is 180 Å². The van der Waals surface area contributed by atoms with E-state index in [4.69, 9.17) is 4.42 Å². The maximum Gasteiger partial charge on any atom is 0.137 e. The number of nitrogens with zero attached hydrogens (tertiary/aromatic N) is 2. The Bertz CT molecular complexity index is 3040. The quantitative estimate of drug-likeness (QED) is 0.169. The summed E-state index contributed by atoms with van der Waals surface area (Å²) in [7, 11) is 0. The number of rotatable bonds is 2. The third-order valence-electron chi connectivity index (χ3n) is 13.4. The van der Waals surface area contributed by atoms with Gasteiger partial charge in [-0.15, -0.1) is 0 Å². The van der Waals surface area contributed by atoms with Crippen LogP contribution in [0.1, 0.15) is 44.4 Å². The van der Waals surface area contributed by atoms with Gasteiger partial charge in [0.2, 0.25) is 0 Å². The minimum atomic E-state index is -0.338.